The van der Waals surface area contributed by atoms with Gasteiger partial charge in [-0.15, -0.1) is 5.10 Å². The Bertz CT molecular complexity index is 1010. The van der Waals surface area contributed by atoms with E-state index < -0.39 is 0 Å². The first-order valence-corrected chi connectivity index (χ1v) is 9.79. The Kier molecular flexibility index (Phi) is 3.77. The molecule has 0 N–H and O–H groups in total. The Labute approximate surface area is 159 Å². The summed E-state index contributed by atoms with van der Waals surface area (Å²) in [5, 5.41) is 4.82. The van der Waals surface area contributed by atoms with Crippen LogP contribution < -0.4 is 9.80 Å². The number of rotatable bonds is 2. The molecule has 7 heteroatoms. The number of fused-ring (bicyclic) bond motifs is 2. The third kappa shape index (κ3) is 2.72. The van der Waals surface area contributed by atoms with Gasteiger partial charge >= 0.3 is 0 Å². The van der Waals surface area contributed by atoms with E-state index in [1.54, 1.807) is 0 Å². The summed E-state index contributed by atoms with van der Waals surface area (Å²) in [6.45, 7) is 9.93. The van der Waals surface area contributed by atoms with Crippen LogP contribution in [-0.2, 0) is 12.8 Å². The molecule has 3 aromatic rings. The Morgan fingerprint density at radius 3 is 2.44 bits per heavy atom. The lowest BCUT2D eigenvalue weighted by molar-refractivity contribution is 0.631. The van der Waals surface area contributed by atoms with Crippen LogP contribution in [-0.4, -0.2) is 50.7 Å². The Hall–Kier alpha value is -2.70. The van der Waals surface area contributed by atoms with Gasteiger partial charge < -0.3 is 9.80 Å². The van der Waals surface area contributed by atoms with Crippen LogP contribution in [0.4, 0.5) is 11.6 Å². The van der Waals surface area contributed by atoms with Crippen molar-refractivity contribution in [3.05, 3.63) is 40.6 Å². The molecule has 3 aromatic heterocycles. The molecular formula is C20H25N7. The summed E-state index contributed by atoms with van der Waals surface area (Å²) < 4.78 is 1.96. The SMILES string of the molecule is Cc1nc2c(c(N3CCN(c4ccc5nc(C)c(C)n5n4)CC3)n1)CCC2. The number of hydrogen-bond acceptors (Lipinski definition) is 6. The van der Waals surface area contributed by atoms with Crippen molar-refractivity contribution in [2.45, 2.75) is 40.0 Å². The van der Waals surface area contributed by atoms with Gasteiger partial charge in [-0.05, 0) is 52.2 Å². The van der Waals surface area contributed by atoms with Gasteiger partial charge in [0.05, 0.1) is 11.4 Å². The van der Waals surface area contributed by atoms with Crippen molar-refractivity contribution >= 4 is 17.3 Å². The van der Waals surface area contributed by atoms with Gasteiger partial charge in [0.15, 0.2) is 5.65 Å². The van der Waals surface area contributed by atoms with Crippen molar-refractivity contribution in [3.63, 3.8) is 0 Å². The molecular weight excluding hydrogens is 338 g/mol. The molecule has 2 aliphatic rings. The van der Waals surface area contributed by atoms with E-state index in [-0.39, 0.29) is 0 Å². The summed E-state index contributed by atoms with van der Waals surface area (Å²) in [5.74, 6) is 3.08. The van der Waals surface area contributed by atoms with Crippen LogP contribution in [0.15, 0.2) is 12.1 Å². The minimum absolute atomic E-state index is 0.895. The van der Waals surface area contributed by atoms with Gasteiger partial charge in [-0.2, -0.15) is 0 Å². The summed E-state index contributed by atoms with van der Waals surface area (Å²) in [7, 11) is 0. The topological polar surface area (TPSA) is 62.5 Å². The molecule has 5 rings (SSSR count). The van der Waals surface area contributed by atoms with Crippen molar-refractivity contribution in [1.82, 2.24) is 24.6 Å². The molecule has 0 saturated carbocycles. The highest BCUT2D eigenvalue weighted by molar-refractivity contribution is 5.54. The molecule has 0 spiro atoms. The van der Waals surface area contributed by atoms with Crippen LogP contribution in [0.1, 0.15) is 34.9 Å². The minimum atomic E-state index is 0.895. The van der Waals surface area contributed by atoms with Crippen LogP contribution in [0.2, 0.25) is 0 Å². The average molecular weight is 363 g/mol. The Morgan fingerprint density at radius 2 is 1.63 bits per heavy atom. The zero-order chi connectivity index (χ0) is 18.5. The van der Waals surface area contributed by atoms with E-state index in [4.69, 9.17) is 10.1 Å². The molecule has 1 aliphatic heterocycles. The zero-order valence-corrected chi connectivity index (χ0v) is 16.2. The molecule has 0 atom stereocenters. The van der Waals surface area contributed by atoms with E-state index in [9.17, 15) is 0 Å². The van der Waals surface area contributed by atoms with Gasteiger partial charge in [0.25, 0.3) is 0 Å². The van der Waals surface area contributed by atoms with Gasteiger partial charge in [0.2, 0.25) is 0 Å². The van der Waals surface area contributed by atoms with E-state index >= 15 is 0 Å². The summed E-state index contributed by atoms with van der Waals surface area (Å²) >= 11 is 0. The fourth-order valence-electron chi connectivity index (χ4n) is 4.25. The van der Waals surface area contributed by atoms with E-state index in [0.29, 0.717) is 0 Å². The number of hydrogen-bond donors (Lipinski definition) is 0. The summed E-state index contributed by atoms with van der Waals surface area (Å²) in [4.78, 5) is 18.8. The predicted octanol–water partition coefficient (Wildman–Crippen LogP) is 2.26. The second kappa shape index (κ2) is 6.18. The second-order valence-corrected chi connectivity index (χ2v) is 7.59. The fraction of sp³-hybridized carbons (Fsp3) is 0.500. The number of aromatic nitrogens is 5. The minimum Gasteiger partial charge on any atom is -0.353 e. The van der Waals surface area contributed by atoms with Crippen LogP contribution >= 0.6 is 0 Å². The third-order valence-corrected chi connectivity index (χ3v) is 5.85. The van der Waals surface area contributed by atoms with Gasteiger partial charge in [-0.25, -0.2) is 19.5 Å². The molecule has 7 nitrogen and oxygen atoms in total. The van der Waals surface area contributed by atoms with Crippen LogP contribution in [0.5, 0.6) is 0 Å². The molecule has 0 radical (unpaired) electrons. The zero-order valence-electron chi connectivity index (χ0n) is 16.2. The fourth-order valence-corrected chi connectivity index (χ4v) is 4.25. The lowest BCUT2D eigenvalue weighted by atomic mass is 10.2. The summed E-state index contributed by atoms with van der Waals surface area (Å²) in [6, 6.07) is 4.15. The van der Waals surface area contributed by atoms with Gasteiger partial charge in [-0.1, -0.05) is 0 Å². The molecule has 0 aromatic carbocycles. The van der Waals surface area contributed by atoms with Crippen molar-refractivity contribution in [2.75, 3.05) is 36.0 Å². The van der Waals surface area contributed by atoms with Crippen LogP contribution in [0, 0.1) is 20.8 Å². The summed E-state index contributed by atoms with van der Waals surface area (Å²) in [6.07, 6.45) is 3.41. The number of imidazole rings is 1. The Balaban J connectivity index is 1.37. The van der Waals surface area contributed by atoms with E-state index in [2.05, 4.69) is 38.8 Å². The normalized spacial score (nSPS) is 17.0. The maximum atomic E-state index is 4.82. The van der Waals surface area contributed by atoms with E-state index in [1.807, 2.05) is 18.4 Å². The quantitative estimate of drug-likeness (QED) is 0.696. The standard InChI is InChI=1S/C20H25N7/c1-13-14(2)27-18(21-13)7-8-19(24-27)25-9-11-26(12-10-25)20-16-5-4-6-17(16)22-15(3)23-20/h7-8H,4-6,9-12H2,1-3H3. The lowest BCUT2D eigenvalue weighted by Gasteiger charge is -2.36. The molecule has 4 heterocycles. The Morgan fingerprint density at radius 1 is 0.852 bits per heavy atom. The second-order valence-electron chi connectivity index (χ2n) is 7.59. The maximum absolute atomic E-state index is 4.82. The smallest absolute Gasteiger partial charge is 0.154 e. The molecule has 0 bridgehead atoms. The van der Waals surface area contributed by atoms with Crippen LogP contribution in [0.25, 0.3) is 5.65 Å². The molecule has 140 valence electrons. The van der Waals surface area contributed by atoms with E-state index in [0.717, 1.165) is 67.7 Å². The third-order valence-electron chi connectivity index (χ3n) is 5.85. The maximum Gasteiger partial charge on any atom is 0.154 e. The highest BCUT2D eigenvalue weighted by atomic mass is 15.4. The highest BCUT2D eigenvalue weighted by Gasteiger charge is 2.25. The molecule has 1 aliphatic carbocycles. The van der Waals surface area contributed by atoms with Gasteiger partial charge in [0.1, 0.15) is 17.5 Å². The first-order valence-electron chi connectivity index (χ1n) is 9.79. The molecule has 0 amide bonds. The predicted molar refractivity (Wildman–Crippen MR) is 106 cm³/mol. The van der Waals surface area contributed by atoms with Crippen molar-refractivity contribution in [1.29, 1.82) is 0 Å². The highest BCUT2D eigenvalue weighted by Crippen LogP contribution is 2.29. The lowest BCUT2D eigenvalue weighted by Crippen LogP contribution is -2.47. The van der Waals surface area contributed by atoms with Crippen molar-refractivity contribution < 1.29 is 0 Å². The van der Waals surface area contributed by atoms with Gasteiger partial charge in [0, 0.05) is 37.4 Å². The first kappa shape index (κ1) is 16.5. The number of anilines is 2. The molecule has 0 unspecified atom stereocenters. The first-order chi connectivity index (χ1) is 13.1. The van der Waals surface area contributed by atoms with Crippen molar-refractivity contribution in [2.24, 2.45) is 0 Å². The molecule has 1 fully saturated rings. The summed E-state index contributed by atoms with van der Waals surface area (Å²) in [5.41, 5.74) is 5.70. The molecule has 27 heavy (non-hydrogen) atoms. The largest absolute Gasteiger partial charge is 0.353 e. The number of piperazine rings is 1. The monoisotopic (exact) mass is 363 g/mol. The average Bonchev–Trinajstić information content (AvgIpc) is 3.25. The van der Waals surface area contributed by atoms with Gasteiger partial charge in [-0.3, -0.25) is 0 Å². The van der Waals surface area contributed by atoms with Crippen molar-refractivity contribution in [3.8, 4) is 0 Å². The number of aryl methyl sites for hydroxylation is 4. The van der Waals surface area contributed by atoms with Crippen LogP contribution in [0.3, 0.4) is 0 Å². The van der Waals surface area contributed by atoms with E-state index in [1.165, 1.54) is 23.5 Å². The molecule has 1 saturated heterocycles. The number of nitrogens with zero attached hydrogens (tertiary/aromatic N) is 7.